The molecule has 2 unspecified atom stereocenters. The van der Waals surface area contributed by atoms with Crippen LogP contribution in [0.2, 0.25) is 0 Å². The van der Waals surface area contributed by atoms with Gasteiger partial charge in [-0.15, -0.1) is 0 Å². The van der Waals surface area contributed by atoms with Crippen molar-refractivity contribution in [1.82, 2.24) is 14.0 Å². The first-order valence-electron chi connectivity index (χ1n) is 14.3. The predicted octanol–water partition coefficient (Wildman–Crippen LogP) is 2.81. The zero-order valence-electron chi connectivity index (χ0n) is 23.9. The number of nitrogens with zero attached hydrogens (tertiary/aromatic N) is 5. The van der Waals surface area contributed by atoms with Crippen LogP contribution in [0.15, 0.2) is 34.3 Å². The van der Waals surface area contributed by atoms with E-state index in [9.17, 15) is 23.1 Å². The van der Waals surface area contributed by atoms with E-state index in [1.165, 1.54) is 12.3 Å². The van der Waals surface area contributed by atoms with Gasteiger partial charge in [0.25, 0.3) is 0 Å². The molecule has 0 spiro atoms. The molecule has 4 heterocycles. The SMILES string of the molecule is COc1cc2c(cc1C1C=NN(C3CCN(S(=O)(=O)C4CC4)CC3)C1C)CN(C(C)C)n1cc(C(=O)O)c(=O)cc1-2. The zero-order valence-corrected chi connectivity index (χ0v) is 24.7. The molecule has 1 saturated carbocycles. The second-order valence-corrected chi connectivity index (χ2v) is 14.0. The van der Waals surface area contributed by atoms with Crippen LogP contribution in [0.4, 0.5) is 0 Å². The summed E-state index contributed by atoms with van der Waals surface area (Å²) < 4.78 is 34.7. The number of ether oxygens (including phenoxy) is 1. The van der Waals surface area contributed by atoms with Gasteiger partial charge < -0.3 is 14.9 Å². The van der Waals surface area contributed by atoms with Crippen molar-refractivity contribution in [2.24, 2.45) is 5.10 Å². The molecule has 12 heteroatoms. The Morgan fingerprint density at radius 2 is 1.83 bits per heavy atom. The Morgan fingerprint density at radius 3 is 2.44 bits per heavy atom. The van der Waals surface area contributed by atoms with E-state index in [1.807, 2.05) is 31.1 Å². The van der Waals surface area contributed by atoms with E-state index in [4.69, 9.17) is 9.84 Å². The molecule has 0 radical (unpaired) electrons. The van der Waals surface area contributed by atoms with Crippen LogP contribution in [0.3, 0.4) is 0 Å². The molecule has 6 rings (SSSR count). The number of hydrogen-bond acceptors (Lipinski definition) is 8. The third-order valence-electron chi connectivity index (χ3n) is 8.96. The van der Waals surface area contributed by atoms with Gasteiger partial charge in [0.05, 0.1) is 30.6 Å². The molecular formula is C29H37N5O6S. The molecule has 2 fully saturated rings. The van der Waals surface area contributed by atoms with Crippen LogP contribution in [0.1, 0.15) is 73.9 Å². The topological polar surface area (TPSA) is 125 Å². The number of carboxylic acid groups (broad SMARTS) is 1. The van der Waals surface area contributed by atoms with Gasteiger partial charge in [-0.25, -0.2) is 17.5 Å². The molecule has 11 nitrogen and oxygen atoms in total. The van der Waals surface area contributed by atoms with Gasteiger partial charge in [0.2, 0.25) is 10.0 Å². The van der Waals surface area contributed by atoms with Gasteiger partial charge in [0.15, 0.2) is 5.43 Å². The fraction of sp³-hybridized carbons (Fsp3) is 0.552. The maximum atomic E-state index is 12.7. The first-order valence-corrected chi connectivity index (χ1v) is 15.8. The number of aromatic nitrogens is 1. The average molecular weight is 584 g/mol. The van der Waals surface area contributed by atoms with Crippen molar-refractivity contribution in [2.75, 3.05) is 25.2 Å². The normalized spacial score (nSPS) is 23.1. The van der Waals surface area contributed by atoms with Crippen molar-refractivity contribution < 1.29 is 23.1 Å². The summed E-state index contributed by atoms with van der Waals surface area (Å²) in [5, 5.41) is 18.3. The number of fused-ring (bicyclic) bond motifs is 3. The lowest BCUT2D eigenvalue weighted by Gasteiger charge is -2.39. The van der Waals surface area contributed by atoms with Gasteiger partial charge in [-0.1, -0.05) is 0 Å². The zero-order chi connectivity index (χ0) is 29.2. The fourth-order valence-electron chi connectivity index (χ4n) is 6.48. The second-order valence-electron chi connectivity index (χ2n) is 11.8. The maximum Gasteiger partial charge on any atom is 0.341 e. The van der Waals surface area contributed by atoms with Crippen molar-refractivity contribution in [2.45, 2.75) is 82.3 Å². The number of carboxylic acids is 1. The summed E-state index contributed by atoms with van der Waals surface area (Å²) in [4.78, 5) is 24.4. The van der Waals surface area contributed by atoms with E-state index in [0.717, 1.165) is 42.4 Å². The highest BCUT2D eigenvalue weighted by atomic mass is 32.2. The highest BCUT2D eigenvalue weighted by Gasteiger charge is 2.43. The van der Waals surface area contributed by atoms with Crippen LogP contribution in [0.5, 0.6) is 5.75 Å². The number of carbonyl (C=O) groups is 1. The van der Waals surface area contributed by atoms with E-state index in [2.05, 4.69) is 18.0 Å². The molecule has 1 aromatic carbocycles. The molecule has 41 heavy (non-hydrogen) atoms. The Hall–Kier alpha value is -3.38. The van der Waals surface area contributed by atoms with Crippen LogP contribution < -0.4 is 15.2 Å². The summed E-state index contributed by atoms with van der Waals surface area (Å²) in [6.45, 7) is 7.80. The first-order chi connectivity index (χ1) is 19.5. The minimum absolute atomic E-state index is 0.0329. The lowest BCUT2D eigenvalue weighted by atomic mass is 9.88. The molecule has 1 saturated heterocycles. The fourth-order valence-corrected chi connectivity index (χ4v) is 8.35. The molecule has 1 aromatic heterocycles. The maximum absolute atomic E-state index is 12.7. The number of hydrogen-bond donors (Lipinski definition) is 1. The molecule has 1 N–H and O–H groups in total. The molecule has 4 aliphatic rings. The largest absolute Gasteiger partial charge is 0.496 e. The Morgan fingerprint density at radius 1 is 1.12 bits per heavy atom. The lowest BCUT2D eigenvalue weighted by Crippen LogP contribution is -2.47. The molecule has 3 aliphatic heterocycles. The molecule has 220 valence electrons. The van der Waals surface area contributed by atoms with Gasteiger partial charge in [-0.05, 0) is 64.2 Å². The monoisotopic (exact) mass is 583 g/mol. The van der Waals surface area contributed by atoms with E-state index in [0.29, 0.717) is 31.1 Å². The van der Waals surface area contributed by atoms with Crippen LogP contribution in [0, 0.1) is 0 Å². The van der Waals surface area contributed by atoms with E-state index in [-0.39, 0.29) is 34.9 Å². The lowest BCUT2D eigenvalue weighted by molar-refractivity contribution is 0.0694. The molecule has 0 bridgehead atoms. The quantitative estimate of drug-likeness (QED) is 0.528. The third kappa shape index (κ3) is 4.70. The Bertz CT molecular complexity index is 1570. The standard InChI is InChI=1S/C29H37N5O6S/c1-17(2)32-15-19-11-23(28(40-4)12-22(19)26-13-27(35)25(29(36)37)16-33(26)32)24-14-30-34(18(24)3)20-7-9-31(10-8-20)41(38,39)21-5-6-21/h11-14,16-18,20-21,24H,5-10,15H2,1-4H3,(H,36,37). The summed E-state index contributed by atoms with van der Waals surface area (Å²) in [6.07, 6.45) is 6.42. The van der Waals surface area contributed by atoms with Crippen molar-refractivity contribution in [1.29, 1.82) is 0 Å². The van der Waals surface area contributed by atoms with Crippen molar-refractivity contribution in [3.63, 3.8) is 0 Å². The Kier molecular flexibility index (Phi) is 6.88. The number of methoxy groups -OCH3 is 1. The summed E-state index contributed by atoms with van der Waals surface area (Å²) in [7, 11) is -1.53. The minimum Gasteiger partial charge on any atom is -0.496 e. The Balaban J connectivity index is 1.28. The summed E-state index contributed by atoms with van der Waals surface area (Å²) >= 11 is 0. The molecule has 2 atom stereocenters. The predicted molar refractivity (Wildman–Crippen MR) is 156 cm³/mol. The van der Waals surface area contributed by atoms with Crippen LogP contribution >= 0.6 is 0 Å². The van der Waals surface area contributed by atoms with Crippen molar-refractivity contribution in [3.05, 3.63) is 51.3 Å². The Labute approximate surface area is 240 Å². The van der Waals surface area contributed by atoms with E-state index < -0.39 is 21.4 Å². The summed E-state index contributed by atoms with van der Waals surface area (Å²) in [6, 6.07) is 5.74. The van der Waals surface area contributed by atoms with E-state index in [1.54, 1.807) is 16.1 Å². The summed E-state index contributed by atoms with van der Waals surface area (Å²) in [5.74, 6) is -0.602. The van der Waals surface area contributed by atoms with Crippen LogP contribution in [-0.4, -0.2) is 83.3 Å². The van der Waals surface area contributed by atoms with E-state index >= 15 is 0 Å². The number of hydrazone groups is 1. The number of benzene rings is 1. The van der Waals surface area contributed by atoms with Gasteiger partial charge in [0, 0.05) is 60.7 Å². The van der Waals surface area contributed by atoms with Gasteiger partial charge >= 0.3 is 5.97 Å². The minimum atomic E-state index is -3.16. The average Bonchev–Trinajstić information content (AvgIpc) is 3.74. The number of rotatable bonds is 7. The number of sulfonamides is 1. The molecule has 0 amide bonds. The van der Waals surface area contributed by atoms with Gasteiger partial charge in [-0.2, -0.15) is 5.10 Å². The van der Waals surface area contributed by atoms with Crippen LogP contribution in [0.25, 0.3) is 11.3 Å². The third-order valence-corrected chi connectivity index (χ3v) is 11.4. The highest BCUT2D eigenvalue weighted by molar-refractivity contribution is 7.90. The molecule has 1 aliphatic carbocycles. The number of pyridine rings is 1. The highest BCUT2D eigenvalue weighted by Crippen LogP contribution is 2.42. The molecular weight excluding hydrogens is 546 g/mol. The number of piperidine rings is 1. The number of aromatic carboxylic acids is 1. The molecule has 2 aromatic rings. The van der Waals surface area contributed by atoms with Crippen molar-refractivity contribution >= 4 is 22.2 Å². The second kappa shape index (κ2) is 10.2. The van der Waals surface area contributed by atoms with Crippen molar-refractivity contribution in [3.8, 4) is 17.0 Å². The van der Waals surface area contributed by atoms with Gasteiger partial charge in [0.1, 0.15) is 11.3 Å². The summed E-state index contributed by atoms with van der Waals surface area (Å²) in [5.41, 5.74) is 2.68. The smallest absolute Gasteiger partial charge is 0.341 e. The van der Waals surface area contributed by atoms with Gasteiger partial charge in [-0.3, -0.25) is 14.5 Å². The first kappa shape index (κ1) is 27.8. The van der Waals surface area contributed by atoms with Crippen LogP contribution in [-0.2, 0) is 16.6 Å².